The van der Waals surface area contributed by atoms with Gasteiger partial charge in [-0.2, -0.15) is 5.10 Å². The number of thiazole rings is 1. The van der Waals surface area contributed by atoms with Gasteiger partial charge in [-0.25, -0.2) is 10.4 Å². The van der Waals surface area contributed by atoms with Crippen LogP contribution in [0.25, 0.3) is 0 Å². The van der Waals surface area contributed by atoms with Gasteiger partial charge >= 0.3 is 0 Å². The summed E-state index contributed by atoms with van der Waals surface area (Å²) < 4.78 is 12.1. The number of carbonyl (C=O) groups is 1. The minimum absolute atomic E-state index is 0.347. The Morgan fingerprint density at radius 2 is 2.19 bits per heavy atom. The van der Waals surface area contributed by atoms with E-state index in [2.05, 4.69) is 31.4 Å². The van der Waals surface area contributed by atoms with Crippen molar-refractivity contribution in [2.24, 2.45) is 5.10 Å². The lowest BCUT2D eigenvalue weighted by atomic mass is 10.2. The van der Waals surface area contributed by atoms with Gasteiger partial charge in [0.2, 0.25) is 0 Å². The molecule has 0 fully saturated rings. The Balaban J connectivity index is 2.14. The largest absolute Gasteiger partial charge is 0.490 e. The van der Waals surface area contributed by atoms with Gasteiger partial charge in [-0.15, -0.1) is 0 Å². The molecule has 140 valence electrons. The van der Waals surface area contributed by atoms with Crippen LogP contribution in [-0.2, 0) is 0 Å². The summed E-state index contributed by atoms with van der Waals surface area (Å²) in [4.78, 5) is 16.6. The third-order valence-corrected chi connectivity index (χ3v) is 4.76. The molecule has 0 aliphatic heterocycles. The standard InChI is InChI=1S/C17H21BrN4O3S/c1-4-6-25-14-12(18)7-11(8-13(14)24-5-2)9-20-22-16(23)15-10(3)21-17(19)26-15/h7-9H,4-6H2,1-3H3,(H2,19,21)(H,22,23)/b20-9-. The van der Waals surface area contributed by atoms with E-state index < -0.39 is 0 Å². The van der Waals surface area contributed by atoms with Crippen LogP contribution in [-0.4, -0.2) is 30.3 Å². The molecule has 0 atom stereocenters. The summed E-state index contributed by atoms with van der Waals surface area (Å²) in [6.45, 7) is 6.78. The van der Waals surface area contributed by atoms with E-state index in [0.29, 0.717) is 40.4 Å². The maximum absolute atomic E-state index is 12.1. The monoisotopic (exact) mass is 440 g/mol. The van der Waals surface area contributed by atoms with Gasteiger partial charge in [0, 0.05) is 0 Å². The van der Waals surface area contributed by atoms with Crippen LogP contribution >= 0.6 is 27.3 Å². The quantitative estimate of drug-likeness (QED) is 0.480. The smallest absolute Gasteiger partial charge is 0.283 e. The summed E-state index contributed by atoms with van der Waals surface area (Å²) in [5.74, 6) is 0.930. The van der Waals surface area contributed by atoms with Crippen molar-refractivity contribution in [2.45, 2.75) is 27.2 Å². The topological polar surface area (TPSA) is 98.8 Å². The van der Waals surface area contributed by atoms with Crippen LogP contribution in [0.2, 0.25) is 0 Å². The molecule has 0 bridgehead atoms. The molecule has 1 aromatic carbocycles. The maximum atomic E-state index is 12.1. The Morgan fingerprint density at radius 3 is 2.81 bits per heavy atom. The fraction of sp³-hybridized carbons (Fsp3) is 0.353. The Morgan fingerprint density at radius 1 is 1.42 bits per heavy atom. The molecule has 26 heavy (non-hydrogen) atoms. The second-order valence-corrected chi connectivity index (χ2v) is 7.16. The number of nitrogens with zero attached hydrogens (tertiary/aromatic N) is 2. The predicted octanol–water partition coefficient (Wildman–Crippen LogP) is 3.75. The first kappa shape index (κ1) is 20.2. The number of aryl methyl sites for hydroxylation is 1. The third-order valence-electron chi connectivity index (χ3n) is 3.18. The number of nitrogen functional groups attached to an aromatic ring is 1. The summed E-state index contributed by atoms with van der Waals surface area (Å²) in [5.41, 5.74) is 9.42. The summed E-state index contributed by atoms with van der Waals surface area (Å²) in [6.07, 6.45) is 2.43. The van der Waals surface area contributed by atoms with E-state index in [1.165, 1.54) is 6.21 Å². The number of aromatic nitrogens is 1. The number of benzene rings is 1. The molecule has 7 nitrogen and oxygen atoms in total. The average molecular weight is 441 g/mol. The first-order valence-corrected chi connectivity index (χ1v) is 9.72. The normalized spacial score (nSPS) is 10.9. The third kappa shape index (κ3) is 5.18. The Labute approximate surface area is 164 Å². The van der Waals surface area contributed by atoms with Gasteiger partial charge in [0.25, 0.3) is 5.91 Å². The zero-order valence-corrected chi connectivity index (χ0v) is 17.2. The summed E-state index contributed by atoms with van der Waals surface area (Å²) in [7, 11) is 0. The van der Waals surface area contributed by atoms with E-state index in [9.17, 15) is 4.79 Å². The van der Waals surface area contributed by atoms with Crippen molar-refractivity contribution in [1.82, 2.24) is 10.4 Å². The van der Waals surface area contributed by atoms with Gasteiger partial charge in [-0.3, -0.25) is 4.79 Å². The lowest BCUT2D eigenvalue weighted by Crippen LogP contribution is -2.17. The fourth-order valence-corrected chi connectivity index (χ4v) is 3.41. The molecule has 1 amide bonds. The van der Waals surface area contributed by atoms with Crippen molar-refractivity contribution in [1.29, 1.82) is 0 Å². The zero-order chi connectivity index (χ0) is 19.1. The lowest BCUT2D eigenvalue weighted by molar-refractivity contribution is 0.0958. The van der Waals surface area contributed by atoms with Crippen molar-refractivity contribution < 1.29 is 14.3 Å². The number of amides is 1. The molecule has 0 aliphatic rings. The van der Waals surface area contributed by atoms with Crippen LogP contribution in [0.1, 0.15) is 41.2 Å². The molecule has 9 heteroatoms. The number of rotatable bonds is 8. The Bertz CT molecular complexity index is 808. The minimum Gasteiger partial charge on any atom is -0.490 e. The Hall–Kier alpha value is -2.13. The molecule has 0 saturated heterocycles. The second kappa shape index (κ2) is 9.54. The number of hydrazone groups is 1. The molecule has 0 spiro atoms. The summed E-state index contributed by atoms with van der Waals surface area (Å²) in [6, 6.07) is 3.66. The SMILES string of the molecule is CCCOc1c(Br)cc(/C=N\NC(=O)c2sc(N)nc2C)cc1OCC. The summed E-state index contributed by atoms with van der Waals surface area (Å²) >= 11 is 4.62. The molecule has 1 aromatic heterocycles. The Kier molecular flexibility index (Phi) is 7.40. The van der Waals surface area contributed by atoms with Crippen LogP contribution in [0.15, 0.2) is 21.7 Å². The van der Waals surface area contributed by atoms with Crippen molar-refractivity contribution >= 4 is 44.5 Å². The maximum Gasteiger partial charge on any atom is 0.283 e. The highest BCUT2D eigenvalue weighted by molar-refractivity contribution is 9.10. The number of halogens is 1. The van der Waals surface area contributed by atoms with Crippen LogP contribution in [0, 0.1) is 6.92 Å². The van der Waals surface area contributed by atoms with Crippen LogP contribution in [0.4, 0.5) is 5.13 Å². The van der Waals surface area contributed by atoms with Gasteiger partial charge < -0.3 is 15.2 Å². The molecule has 0 aliphatic carbocycles. The number of anilines is 1. The second-order valence-electron chi connectivity index (χ2n) is 5.28. The molecule has 1 heterocycles. The van der Waals surface area contributed by atoms with Crippen LogP contribution in [0.3, 0.4) is 0 Å². The first-order chi connectivity index (χ1) is 12.5. The minimum atomic E-state index is -0.347. The molecular weight excluding hydrogens is 420 g/mol. The van der Waals surface area contributed by atoms with E-state index in [4.69, 9.17) is 15.2 Å². The fourth-order valence-electron chi connectivity index (χ4n) is 2.11. The molecule has 2 rings (SSSR count). The number of nitrogens with one attached hydrogen (secondary N) is 1. The van der Waals surface area contributed by atoms with Gasteiger partial charge in [0.15, 0.2) is 16.6 Å². The highest BCUT2D eigenvalue weighted by Crippen LogP contribution is 2.36. The summed E-state index contributed by atoms with van der Waals surface area (Å²) in [5, 5.41) is 4.35. The van der Waals surface area contributed by atoms with Crippen molar-refractivity contribution in [2.75, 3.05) is 18.9 Å². The zero-order valence-electron chi connectivity index (χ0n) is 14.8. The van der Waals surface area contributed by atoms with Gasteiger partial charge in [0.05, 0.1) is 29.6 Å². The molecule has 0 unspecified atom stereocenters. The number of carbonyl (C=O) groups excluding carboxylic acids is 1. The van der Waals surface area contributed by atoms with E-state index in [0.717, 1.165) is 27.8 Å². The highest BCUT2D eigenvalue weighted by atomic mass is 79.9. The van der Waals surface area contributed by atoms with Gasteiger partial charge in [0.1, 0.15) is 4.88 Å². The highest BCUT2D eigenvalue weighted by Gasteiger charge is 2.14. The van der Waals surface area contributed by atoms with Crippen molar-refractivity contribution in [3.05, 3.63) is 32.7 Å². The molecule has 3 N–H and O–H groups in total. The molecule has 0 saturated carbocycles. The van der Waals surface area contributed by atoms with E-state index >= 15 is 0 Å². The number of nitrogens with two attached hydrogens (primary N) is 1. The lowest BCUT2D eigenvalue weighted by Gasteiger charge is -2.14. The van der Waals surface area contributed by atoms with E-state index in [1.54, 1.807) is 6.92 Å². The van der Waals surface area contributed by atoms with Crippen LogP contribution < -0.4 is 20.6 Å². The first-order valence-electron chi connectivity index (χ1n) is 8.11. The van der Waals surface area contributed by atoms with Crippen molar-refractivity contribution in [3.8, 4) is 11.5 Å². The molecular formula is C17H21BrN4O3S. The van der Waals surface area contributed by atoms with Gasteiger partial charge in [-0.05, 0) is 53.9 Å². The molecule has 0 radical (unpaired) electrons. The number of hydrogen-bond donors (Lipinski definition) is 2. The van der Waals surface area contributed by atoms with E-state index in [1.807, 2.05) is 26.0 Å². The van der Waals surface area contributed by atoms with E-state index in [-0.39, 0.29) is 5.91 Å². The van der Waals surface area contributed by atoms with Gasteiger partial charge in [-0.1, -0.05) is 18.3 Å². The average Bonchev–Trinajstić information content (AvgIpc) is 2.93. The van der Waals surface area contributed by atoms with Crippen molar-refractivity contribution in [3.63, 3.8) is 0 Å². The number of ether oxygens (including phenoxy) is 2. The predicted molar refractivity (Wildman–Crippen MR) is 107 cm³/mol. The number of hydrogen-bond acceptors (Lipinski definition) is 7. The molecule has 2 aromatic rings. The van der Waals surface area contributed by atoms with Crippen LogP contribution in [0.5, 0.6) is 11.5 Å².